The van der Waals surface area contributed by atoms with Gasteiger partial charge in [0.1, 0.15) is 0 Å². The van der Waals surface area contributed by atoms with E-state index in [-0.39, 0.29) is 0 Å². The Bertz CT molecular complexity index is 312. The van der Waals surface area contributed by atoms with E-state index in [0.717, 1.165) is 12.8 Å². The number of benzene rings is 1. The van der Waals surface area contributed by atoms with Crippen LogP contribution in [0.2, 0.25) is 0 Å². The van der Waals surface area contributed by atoms with E-state index in [1.807, 2.05) is 12.1 Å². The third-order valence-corrected chi connectivity index (χ3v) is 3.07. The highest BCUT2D eigenvalue weighted by Crippen LogP contribution is 2.38. The number of alkyl halides is 1. The fourth-order valence-electron chi connectivity index (χ4n) is 1.51. The Kier molecular flexibility index (Phi) is 2.74. The summed E-state index contributed by atoms with van der Waals surface area (Å²) in [6.07, 6.45) is 2.05. The summed E-state index contributed by atoms with van der Waals surface area (Å²) in [6, 6.07) is 7.02. The molecule has 0 amide bonds. The zero-order valence-corrected chi connectivity index (χ0v) is 8.37. The number of rotatable bonds is 3. The zero-order chi connectivity index (χ0) is 10.1. The summed E-state index contributed by atoms with van der Waals surface area (Å²) < 4.78 is 0. The molecule has 1 aliphatic carbocycles. The van der Waals surface area contributed by atoms with Gasteiger partial charge in [-0.25, -0.2) is 5.21 Å². The van der Waals surface area contributed by atoms with Gasteiger partial charge in [-0.3, -0.25) is 0 Å². The van der Waals surface area contributed by atoms with Crippen LogP contribution < -0.4 is 5.23 Å². The van der Waals surface area contributed by atoms with Crippen LogP contribution in [-0.4, -0.2) is 10.6 Å². The minimum Gasteiger partial charge on any atom is -0.595 e. The van der Waals surface area contributed by atoms with Crippen molar-refractivity contribution in [1.82, 2.24) is 0 Å². The van der Waals surface area contributed by atoms with Gasteiger partial charge in [0.15, 0.2) is 5.69 Å². The van der Waals surface area contributed by atoms with Crippen LogP contribution in [0.4, 0.5) is 5.69 Å². The molecule has 3 nitrogen and oxygen atoms in total. The lowest BCUT2D eigenvalue weighted by Gasteiger charge is -2.11. The minimum atomic E-state index is -0.877. The molecule has 14 heavy (non-hydrogen) atoms. The maximum atomic E-state index is 10.6. The quantitative estimate of drug-likeness (QED) is 0.587. The van der Waals surface area contributed by atoms with Crippen LogP contribution in [0, 0.1) is 11.1 Å². The normalized spacial score (nSPS) is 27.4. The lowest BCUT2D eigenvalue weighted by atomic mass is 10.1. The second kappa shape index (κ2) is 3.87. The highest BCUT2D eigenvalue weighted by atomic mass is 35.5. The number of hydrogen-bond donors (Lipinski definition) is 2. The summed E-state index contributed by atoms with van der Waals surface area (Å²) >= 11 is 5.89. The molecule has 0 radical (unpaired) electrons. The Morgan fingerprint density at radius 1 is 1.43 bits per heavy atom. The average Bonchev–Trinajstić information content (AvgIpc) is 2.82. The molecule has 1 fully saturated rings. The van der Waals surface area contributed by atoms with E-state index < -0.39 is 5.23 Å². The van der Waals surface area contributed by atoms with Crippen molar-refractivity contribution in [3.8, 4) is 0 Å². The van der Waals surface area contributed by atoms with Crippen molar-refractivity contribution in [2.75, 3.05) is 0 Å². The fraction of sp³-hybridized carbons (Fsp3) is 0.400. The predicted octanol–water partition coefficient (Wildman–Crippen LogP) is 1.26. The zero-order valence-electron chi connectivity index (χ0n) is 7.61. The van der Waals surface area contributed by atoms with Crippen LogP contribution in [0.1, 0.15) is 12.0 Å². The summed E-state index contributed by atoms with van der Waals surface area (Å²) in [6.45, 7) is 0. The molecule has 0 aromatic heterocycles. The molecule has 0 spiro atoms. The highest BCUT2D eigenvalue weighted by molar-refractivity contribution is 6.22. The van der Waals surface area contributed by atoms with E-state index in [9.17, 15) is 5.21 Å². The molecule has 76 valence electrons. The molecular formula is C10H12ClNO2. The summed E-state index contributed by atoms with van der Waals surface area (Å²) in [7, 11) is 0. The van der Waals surface area contributed by atoms with E-state index in [1.54, 1.807) is 12.1 Å². The van der Waals surface area contributed by atoms with E-state index in [4.69, 9.17) is 16.8 Å². The standard InChI is InChI=1S/C10H12ClNO2/c11-10-6-8(10)5-7-1-3-9(4-2-7)12(13)14/h1-4,8,10,12-13H,5-6H2/t8-,10+/m0/s1. The van der Waals surface area contributed by atoms with Gasteiger partial charge < -0.3 is 5.21 Å². The van der Waals surface area contributed by atoms with Gasteiger partial charge in [0.05, 0.1) is 0 Å². The Balaban J connectivity index is 1.99. The first kappa shape index (κ1) is 9.93. The first-order valence-electron chi connectivity index (χ1n) is 4.63. The van der Waals surface area contributed by atoms with Crippen LogP contribution in [0.15, 0.2) is 24.3 Å². The molecule has 2 rings (SSSR count). The van der Waals surface area contributed by atoms with Gasteiger partial charge in [0, 0.05) is 17.5 Å². The number of nitrogens with one attached hydrogen (secondary N) is 1. The van der Waals surface area contributed by atoms with Gasteiger partial charge >= 0.3 is 0 Å². The van der Waals surface area contributed by atoms with Crippen LogP contribution in [-0.2, 0) is 6.42 Å². The monoisotopic (exact) mass is 213 g/mol. The smallest absolute Gasteiger partial charge is 0.163 e. The molecule has 0 heterocycles. The van der Waals surface area contributed by atoms with E-state index in [1.165, 1.54) is 5.56 Å². The average molecular weight is 214 g/mol. The van der Waals surface area contributed by atoms with Gasteiger partial charge in [0.2, 0.25) is 0 Å². The van der Waals surface area contributed by atoms with Crippen molar-refractivity contribution < 1.29 is 10.4 Å². The van der Waals surface area contributed by atoms with E-state index >= 15 is 0 Å². The second-order valence-corrected chi connectivity index (χ2v) is 4.28. The number of quaternary nitrogens is 1. The molecule has 0 saturated heterocycles. The van der Waals surface area contributed by atoms with Gasteiger partial charge in [-0.05, 0) is 24.3 Å². The first-order valence-corrected chi connectivity index (χ1v) is 5.07. The summed E-state index contributed by atoms with van der Waals surface area (Å²) in [5.74, 6) is 0.590. The number of halogens is 1. The molecule has 1 aliphatic rings. The summed E-state index contributed by atoms with van der Waals surface area (Å²) in [4.78, 5) is 0. The molecule has 3 atom stereocenters. The van der Waals surface area contributed by atoms with E-state index in [0.29, 0.717) is 17.0 Å². The van der Waals surface area contributed by atoms with Crippen LogP contribution >= 0.6 is 11.6 Å². The van der Waals surface area contributed by atoms with Crippen molar-refractivity contribution in [1.29, 1.82) is 0 Å². The third-order valence-electron chi connectivity index (χ3n) is 2.54. The van der Waals surface area contributed by atoms with Gasteiger partial charge in [-0.2, -0.15) is 5.23 Å². The van der Waals surface area contributed by atoms with Crippen molar-refractivity contribution in [3.63, 3.8) is 0 Å². The molecule has 1 aromatic carbocycles. The lowest BCUT2D eigenvalue weighted by molar-refractivity contribution is -0.991. The molecule has 1 saturated carbocycles. The molecule has 1 aromatic rings. The molecular weight excluding hydrogens is 202 g/mol. The van der Waals surface area contributed by atoms with Crippen LogP contribution in [0.25, 0.3) is 0 Å². The van der Waals surface area contributed by atoms with Crippen molar-refractivity contribution in [3.05, 3.63) is 35.0 Å². The molecule has 1 unspecified atom stereocenters. The number of hydrogen-bond acceptors (Lipinski definition) is 2. The van der Waals surface area contributed by atoms with E-state index in [2.05, 4.69) is 0 Å². The summed E-state index contributed by atoms with van der Waals surface area (Å²) in [5.41, 5.74) is 1.51. The van der Waals surface area contributed by atoms with Gasteiger partial charge in [0.25, 0.3) is 0 Å². The largest absolute Gasteiger partial charge is 0.595 e. The van der Waals surface area contributed by atoms with Crippen LogP contribution in [0.3, 0.4) is 0 Å². The van der Waals surface area contributed by atoms with Crippen molar-refractivity contribution >= 4 is 17.3 Å². The maximum Gasteiger partial charge on any atom is 0.163 e. The Morgan fingerprint density at radius 2 is 2.00 bits per heavy atom. The third kappa shape index (κ3) is 2.25. The lowest BCUT2D eigenvalue weighted by Crippen LogP contribution is -2.99. The maximum absolute atomic E-state index is 10.6. The summed E-state index contributed by atoms with van der Waals surface area (Å²) in [5, 5.41) is 18.7. The molecule has 0 bridgehead atoms. The Morgan fingerprint density at radius 3 is 2.43 bits per heavy atom. The van der Waals surface area contributed by atoms with Crippen molar-refractivity contribution in [2.45, 2.75) is 18.2 Å². The predicted molar refractivity (Wildman–Crippen MR) is 53.7 cm³/mol. The highest BCUT2D eigenvalue weighted by Gasteiger charge is 2.34. The van der Waals surface area contributed by atoms with Gasteiger partial charge in [-0.15, -0.1) is 11.6 Å². The van der Waals surface area contributed by atoms with Crippen LogP contribution in [0.5, 0.6) is 0 Å². The van der Waals surface area contributed by atoms with Crippen molar-refractivity contribution in [2.24, 2.45) is 5.92 Å². The molecule has 4 heteroatoms. The SMILES string of the molecule is [O-][NH+](O)c1ccc(C[C@H]2C[C@H]2Cl)cc1. The fourth-order valence-corrected chi connectivity index (χ4v) is 1.83. The second-order valence-electron chi connectivity index (χ2n) is 3.72. The Labute approximate surface area is 87.4 Å². The molecule has 2 N–H and O–H groups in total. The topological polar surface area (TPSA) is 47.7 Å². The minimum absolute atomic E-state index is 0.328. The van der Waals surface area contributed by atoms with Gasteiger partial charge in [-0.1, -0.05) is 12.1 Å². The first-order chi connectivity index (χ1) is 6.66. The molecule has 0 aliphatic heterocycles. The Hall–Kier alpha value is -0.610.